The van der Waals surface area contributed by atoms with E-state index in [0.717, 1.165) is 52.7 Å². The van der Waals surface area contributed by atoms with Gasteiger partial charge in [-0.05, 0) is 96.8 Å². The Hall–Kier alpha value is -3.20. The quantitative estimate of drug-likeness (QED) is 0.185. The molecule has 3 aliphatic carbocycles. The smallest absolute Gasteiger partial charge is 0.255 e. The maximum absolute atomic E-state index is 13.6. The maximum atomic E-state index is 13.6. The van der Waals surface area contributed by atoms with Crippen molar-refractivity contribution >= 4 is 45.4 Å². The Morgan fingerprint density at radius 1 is 1.03 bits per heavy atom. The van der Waals surface area contributed by atoms with Crippen LogP contribution in [0, 0.1) is 11.7 Å². The van der Waals surface area contributed by atoms with Crippen LogP contribution in [0.3, 0.4) is 0 Å². The van der Waals surface area contributed by atoms with Gasteiger partial charge in [-0.3, -0.25) is 9.59 Å². The van der Waals surface area contributed by atoms with Crippen molar-refractivity contribution in [2.75, 3.05) is 11.5 Å². The molecule has 37 heavy (non-hydrogen) atoms. The summed E-state index contributed by atoms with van der Waals surface area (Å²) in [6.45, 7) is 0. The second-order valence-corrected chi connectivity index (χ2v) is 11.2. The minimum Gasteiger partial charge on any atom is -0.455 e. The van der Waals surface area contributed by atoms with Crippen LogP contribution in [-0.2, 0) is 6.42 Å². The second-order valence-electron chi connectivity index (χ2n) is 10.1. The Labute approximate surface area is 228 Å². The van der Waals surface area contributed by atoms with Crippen molar-refractivity contribution in [1.82, 2.24) is 10.6 Å². The van der Waals surface area contributed by atoms with E-state index in [1.807, 2.05) is 36.4 Å². The number of rotatable bonds is 7. The summed E-state index contributed by atoms with van der Waals surface area (Å²) < 4.78 is 20.7. The Kier molecular flexibility index (Phi) is 6.06. The number of nitrogens with one attached hydrogen (secondary N) is 2. The highest BCUT2D eigenvalue weighted by Gasteiger charge is 2.57. The summed E-state index contributed by atoms with van der Waals surface area (Å²) in [6, 6.07) is 17.6. The van der Waals surface area contributed by atoms with Crippen LogP contribution in [0.25, 0.3) is 33.4 Å². The van der Waals surface area contributed by atoms with Crippen LogP contribution >= 0.6 is 22.6 Å². The fourth-order valence-electron chi connectivity index (χ4n) is 5.69. The van der Waals surface area contributed by atoms with E-state index in [1.165, 1.54) is 12.1 Å². The van der Waals surface area contributed by atoms with E-state index >= 15 is 0 Å². The molecule has 0 spiro atoms. The first-order valence-electron chi connectivity index (χ1n) is 12.5. The molecule has 1 aromatic heterocycles. The van der Waals surface area contributed by atoms with Gasteiger partial charge in [-0.1, -0.05) is 34.7 Å². The number of carbonyl (C=O) groups excluding carboxylic acids is 2. The highest BCUT2D eigenvalue weighted by molar-refractivity contribution is 14.1. The third kappa shape index (κ3) is 4.23. The van der Waals surface area contributed by atoms with Crippen LogP contribution < -0.4 is 10.6 Å². The predicted octanol–water partition coefficient (Wildman–Crippen LogP) is 6.53. The van der Waals surface area contributed by atoms with Crippen LogP contribution in [0.5, 0.6) is 0 Å². The first kappa shape index (κ1) is 24.2. The molecule has 0 radical (unpaired) electrons. The molecule has 4 aromatic rings. The third-order valence-electron chi connectivity index (χ3n) is 7.69. The lowest BCUT2D eigenvalue weighted by Crippen LogP contribution is -2.68. The fourth-order valence-corrected chi connectivity index (χ4v) is 6.27. The van der Waals surface area contributed by atoms with Gasteiger partial charge in [0, 0.05) is 33.5 Å². The van der Waals surface area contributed by atoms with E-state index in [-0.39, 0.29) is 23.2 Å². The highest BCUT2D eigenvalue weighted by atomic mass is 127. The van der Waals surface area contributed by atoms with Crippen molar-refractivity contribution in [3.63, 3.8) is 0 Å². The van der Waals surface area contributed by atoms with Crippen molar-refractivity contribution < 1.29 is 18.4 Å². The average molecular weight is 608 g/mol. The summed E-state index contributed by atoms with van der Waals surface area (Å²) >= 11 is 2.34. The molecule has 0 unspecified atom stereocenters. The molecule has 3 saturated carbocycles. The van der Waals surface area contributed by atoms with Gasteiger partial charge in [0.15, 0.2) is 0 Å². The zero-order valence-corrected chi connectivity index (χ0v) is 22.5. The molecule has 188 valence electrons. The van der Waals surface area contributed by atoms with E-state index in [2.05, 4.69) is 33.2 Å². The maximum Gasteiger partial charge on any atom is 0.255 e. The van der Waals surface area contributed by atoms with E-state index < -0.39 is 0 Å². The number of fused-ring (bicyclic) bond motifs is 1. The molecule has 1 heterocycles. The number of hydrogen-bond acceptors (Lipinski definition) is 3. The summed E-state index contributed by atoms with van der Waals surface area (Å²) in [5.74, 6) is 0.518. The molecule has 3 aromatic carbocycles. The molecular weight excluding hydrogens is 582 g/mol. The van der Waals surface area contributed by atoms with Crippen LogP contribution in [-0.4, -0.2) is 28.8 Å². The van der Waals surface area contributed by atoms with Crippen LogP contribution in [0.4, 0.5) is 4.39 Å². The number of hydrogen-bond donors (Lipinski definition) is 2. The highest BCUT2D eigenvalue weighted by Crippen LogP contribution is 2.57. The number of aryl methyl sites for hydroxylation is 1. The van der Waals surface area contributed by atoms with Gasteiger partial charge in [0.25, 0.3) is 11.8 Å². The minimum atomic E-state index is -0.356. The molecule has 2 bridgehead atoms. The normalized spacial score (nSPS) is 19.7. The Balaban J connectivity index is 1.46. The number of carbonyl (C=O) groups is 2. The van der Waals surface area contributed by atoms with Gasteiger partial charge < -0.3 is 15.1 Å². The molecular formula is C30H26FIN2O3. The van der Waals surface area contributed by atoms with E-state index in [9.17, 15) is 14.0 Å². The number of halogens is 2. The van der Waals surface area contributed by atoms with Crippen molar-refractivity contribution in [3.8, 4) is 22.5 Å². The summed E-state index contributed by atoms with van der Waals surface area (Å²) in [4.78, 5) is 26.1. The Bertz CT molecular complexity index is 1530. The van der Waals surface area contributed by atoms with E-state index in [1.54, 1.807) is 19.2 Å². The van der Waals surface area contributed by atoms with Crippen molar-refractivity contribution in [1.29, 1.82) is 0 Å². The number of benzene rings is 3. The standard InChI is InChI=1S/C30H26FIN2O3/c1-33-29(36)26-24-13-23(19-3-2-4-21(11-19)28(35)34-30-14-17(15-30)16-30)20(9-10-32)12-25(24)37-27(26)18-5-7-22(31)8-6-18/h2-8,11-13,17H,9-10,14-16H2,1H3,(H,33,36)(H,34,35). The molecule has 2 N–H and O–H groups in total. The lowest BCUT2D eigenvalue weighted by atomic mass is 9.50. The fraction of sp³-hybridized carbons (Fsp3) is 0.267. The lowest BCUT2D eigenvalue weighted by molar-refractivity contribution is -0.0438. The minimum absolute atomic E-state index is 0.0129. The second kappa shape index (κ2) is 9.28. The largest absolute Gasteiger partial charge is 0.455 e. The Morgan fingerprint density at radius 2 is 1.78 bits per heavy atom. The molecule has 2 amide bonds. The third-order valence-corrected chi connectivity index (χ3v) is 8.23. The molecule has 0 aliphatic heterocycles. The summed E-state index contributed by atoms with van der Waals surface area (Å²) in [7, 11) is 1.58. The predicted molar refractivity (Wildman–Crippen MR) is 151 cm³/mol. The van der Waals surface area contributed by atoms with Crippen molar-refractivity contribution in [2.24, 2.45) is 5.92 Å². The van der Waals surface area contributed by atoms with Gasteiger partial charge in [0.2, 0.25) is 0 Å². The van der Waals surface area contributed by atoms with Crippen molar-refractivity contribution in [2.45, 2.75) is 31.2 Å². The number of alkyl halides is 1. The first-order valence-corrected chi connectivity index (χ1v) is 14.0. The van der Waals surface area contributed by atoms with E-state index in [0.29, 0.717) is 33.4 Å². The lowest BCUT2D eigenvalue weighted by Gasteiger charge is -2.61. The van der Waals surface area contributed by atoms with Gasteiger partial charge in [0.05, 0.1) is 5.56 Å². The number of furan rings is 1. The monoisotopic (exact) mass is 608 g/mol. The van der Waals surface area contributed by atoms with Gasteiger partial charge >= 0.3 is 0 Å². The molecule has 3 fully saturated rings. The zero-order chi connectivity index (χ0) is 25.7. The van der Waals surface area contributed by atoms with Gasteiger partial charge in [-0.15, -0.1) is 0 Å². The first-order chi connectivity index (χ1) is 17.9. The Morgan fingerprint density at radius 3 is 2.43 bits per heavy atom. The summed E-state index contributed by atoms with van der Waals surface area (Å²) in [5, 5.41) is 6.63. The SMILES string of the molecule is CNC(=O)c1c(-c2ccc(F)cc2)oc2cc(CCI)c(-c3cccc(C(=O)NC45CC(C4)C5)c3)cc12. The molecule has 0 atom stereocenters. The molecule has 7 heteroatoms. The average Bonchev–Trinajstić information content (AvgIpc) is 3.23. The van der Waals surface area contributed by atoms with Crippen LogP contribution in [0.2, 0.25) is 0 Å². The van der Waals surface area contributed by atoms with E-state index in [4.69, 9.17) is 4.42 Å². The number of amides is 2. The van der Waals surface area contributed by atoms with Gasteiger partial charge in [0.1, 0.15) is 17.2 Å². The van der Waals surface area contributed by atoms with Gasteiger partial charge in [-0.2, -0.15) is 0 Å². The van der Waals surface area contributed by atoms with Crippen LogP contribution in [0.15, 0.2) is 65.1 Å². The molecule has 3 aliphatic rings. The molecule has 7 rings (SSSR count). The summed E-state index contributed by atoms with van der Waals surface area (Å²) in [5.41, 5.74) is 5.22. The zero-order valence-electron chi connectivity index (χ0n) is 20.4. The summed E-state index contributed by atoms with van der Waals surface area (Å²) in [6.07, 6.45) is 4.07. The van der Waals surface area contributed by atoms with Crippen LogP contribution in [0.1, 0.15) is 45.5 Å². The molecule has 0 saturated heterocycles. The van der Waals surface area contributed by atoms with Crippen molar-refractivity contribution in [3.05, 3.63) is 83.2 Å². The molecule has 5 nitrogen and oxygen atoms in total. The topological polar surface area (TPSA) is 71.3 Å². The van der Waals surface area contributed by atoms with Gasteiger partial charge in [-0.25, -0.2) is 4.39 Å².